The molecule has 0 aromatic carbocycles. The second-order valence-electron chi connectivity index (χ2n) is 5.52. The van der Waals surface area contributed by atoms with Crippen LogP contribution in [0.5, 0.6) is 0 Å². The van der Waals surface area contributed by atoms with Gasteiger partial charge in [0.15, 0.2) is 0 Å². The predicted octanol–water partition coefficient (Wildman–Crippen LogP) is 2.03. The minimum absolute atomic E-state index is 0.00890. The number of urea groups is 1. The van der Waals surface area contributed by atoms with Crippen molar-refractivity contribution in [2.24, 2.45) is 5.92 Å². The normalized spacial score (nSPS) is 16.2. The molecule has 128 valence electrons. The summed E-state index contributed by atoms with van der Waals surface area (Å²) >= 11 is 0.934. The van der Waals surface area contributed by atoms with Gasteiger partial charge in [0.25, 0.3) is 0 Å². The number of nitrogens with one attached hydrogen (secondary N) is 2. The van der Waals surface area contributed by atoms with Crippen LogP contribution in [0, 0.1) is 5.92 Å². The lowest BCUT2D eigenvalue weighted by molar-refractivity contribution is 0.0698. The van der Waals surface area contributed by atoms with Crippen LogP contribution in [0.15, 0.2) is 6.20 Å². The molecule has 1 fully saturated rings. The van der Waals surface area contributed by atoms with Gasteiger partial charge in [-0.05, 0) is 49.8 Å². The molecule has 23 heavy (non-hydrogen) atoms. The van der Waals surface area contributed by atoms with Gasteiger partial charge in [0.2, 0.25) is 0 Å². The third-order valence-electron chi connectivity index (χ3n) is 3.97. The predicted molar refractivity (Wildman–Crippen MR) is 85.9 cm³/mol. The van der Waals surface area contributed by atoms with Crippen LogP contribution in [0.4, 0.5) is 14.2 Å². The number of rotatable bonds is 7. The second-order valence-corrected chi connectivity index (χ2v) is 6.32. The van der Waals surface area contributed by atoms with Crippen molar-refractivity contribution in [2.45, 2.75) is 19.3 Å². The SMILES string of the molecule is O=C(NCCC1CCN(CCF)CC1)Nc1sncc1C(=O)O. The lowest BCUT2D eigenvalue weighted by atomic mass is 9.93. The number of carbonyl (C=O) groups excluding carboxylic acids is 1. The highest BCUT2D eigenvalue weighted by Gasteiger charge is 2.19. The van der Waals surface area contributed by atoms with Crippen molar-refractivity contribution in [3.8, 4) is 0 Å². The van der Waals surface area contributed by atoms with E-state index in [9.17, 15) is 14.0 Å². The number of anilines is 1. The van der Waals surface area contributed by atoms with E-state index in [0.717, 1.165) is 43.9 Å². The summed E-state index contributed by atoms with van der Waals surface area (Å²) in [5.41, 5.74) is -0.00890. The molecule has 2 amide bonds. The Labute approximate surface area is 138 Å². The number of piperidine rings is 1. The molecule has 1 saturated heterocycles. The average molecular weight is 344 g/mol. The number of halogens is 1. The van der Waals surface area contributed by atoms with Crippen LogP contribution in [0.25, 0.3) is 0 Å². The Hall–Kier alpha value is -1.74. The van der Waals surface area contributed by atoms with E-state index >= 15 is 0 Å². The average Bonchev–Trinajstić information content (AvgIpc) is 2.97. The maximum atomic E-state index is 12.3. The molecular formula is C14H21FN4O3S. The quantitative estimate of drug-likeness (QED) is 0.704. The lowest BCUT2D eigenvalue weighted by Crippen LogP contribution is -2.37. The molecule has 3 N–H and O–H groups in total. The van der Waals surface area contributed by atoms with E-state index in [2.05, 4.69) is 19.9 Å². The molecule has 0 unspecified atom stereocenters. The minimum Gasteiger partial charge on any atom is -0.478 e. The third kappa shape index (κ3) is 5.43. The van der Waals surface area contributed by atoms with E-state index in [1.54, 1.807) is 0 Å². The van der Waals surface area contributed by atoms with E-state index in [0.29, 0.717) is 19.0 Å². The maximum Gasteiger partial charge on any atom is 0.340 e. The number of carboxylic acids is 1. The molecule has 0 atom stereocenters. The lowest BCUT2D eigenvalue weighted by Gasteiger charge is -2.31. The standard InChI is InChI=1S/C14H21FN4O3S/c15-4-8-19-6-2-10(3-7-19)1-5-16-14(22)18-12-11(13(20)21)9-17-23-12/h9-10H,1-8H2,(H,20,21)(H2,16,18,22). The van der Waals surface area contributed by atoms with Crippen molar-refractivity contribution >= 4 is 28.5 Å². The van der Waals surface area contributed by atoms with Gasteiger partial charge >= 0.3 is 12.0 Å². The van der Waals surface area contributed by atoms with Gasteiger partial charge in [-0.2, -0.15) is 4.37 Å². The van der Waals surface area contributed by atoms with Crippen molar-refractivity contribution < 1.29 is 19.1 Å². The largest absolute Gasteiger partial charge is 0.478 e. The number of amides is 2. The Morgan fingerprint density at radius 2 is 2.17 bits per heavy atom. The first-order valence-corrected chi connectivity index (χ1v) is 8.38. The zero-order valence-electron chi connectivity index (χ0n) is 12.8. The van der Waals surface area contributed by atoms with Crippen molar-refractivity contribution in [3.05, 3.63) is 11.8 Å². The fraction of sp³-hybridized carbons (Fsp3) is 0.643. The number of hydrogen-bond acceptors (Lipinski definition) is 5. The number of aromatic nitrogens is 1. The summed E-state index contributed by atoms with van der Waals surface area (Å²) in [6.45, 7) is 2.55. The Morgan fingerprint density at radius 1 is 1.43 bits per heavy atom. The minimum atomic E-state index is -1.12. The van der Waals surface area contributed by atoms with E-state index in [1.165, 1.54) is 6.20 Å². The van der Waals surface area contributed by atoms with E-state index < -0.39 is 12.0 Å². The molecule has 2 rings (SSSR count). The number of aromatic carboxylic acids is 1. The number of carbonyl (C=O) groups is 2. The summed E-state index contributed by atoms with van der Waals surface area (Å²) < 4.78 is 16.0. The van der Waals surface area contributed by atoms with Gasteiger partial charge in [0.05, 0.1) is 6.20 Å². The number of likely N-dealkylation sites (tertiary alicyclic amines) is 1. The summed E-state index contributed by atoms with van der Waals surface area (Å²) in [5, 5.41) is 14.4. The van der Waals surface area contributed by atoms with Crippen LogP contribution in [0.2, 0.25) is 0 Å². The molecular weight excluding hydrogens is 323 g/mol. The molecule has 0 bridgehead atoms. The summed E-state index contributed by atoms with van der Waals surface area (Å²) in [6, 6.07) is -0.424. The smallest absolute Gasteiger partial charge is 0.340 e. The highest BCUT2D eigenvalue weighted by Crippen LogP contribution is 2.21. The zero-order chi connectivity index (χ0) is 16.7. The highest BCUT2D eigenvalue weighted by atomic mass is 32.1. The second kappa shape index (κ2) is 8.78. The topological polar surface area (TPSA) is 94.6 Å². The number of nitrogens with zero attached hydrogens (tertiary/aromatic N) is 2. The molecule has 1 aliphatic heterocycles. The van der Waals surface area contributed by atoms with Crippen molar-refractivity contribution in [3.63, 3.8) is 0 Å². The molecule has 1 aliphatic rings. The summed E-state index contributed by atoms with van der Waals surface area (Å²) in [4.78, 5) is 24.8. The van der Waals surface area contributed by atoms with Gasteiger partial charge in [-0.3, -0.25) is 5.32 Å². The van der Waals surface area contributed by atoms with Gasteiger partial charge in [-0.25, -0.2) is 14.0 Å². The Kier molecular flexibility index (Phi) is 6.72. The van der Waals surface area contributed by atoms with Gasteiger partial charge in [-0.1, -0.05) is 0 Å². The molecule has 1 aromatic heterocycles. The molecule has 2 heterocycles. The molecule has 9 heteroatoms. The van der Waals surface area contributed by atoms with Crippen molar-refractivity contribution in [1.29, 1.82) is 0 Å². The van der Waals surface area contributed by atoms with Crippen LogP contribution in [-0.4, -0.2) is 59.2 Å². The molecule has 0 spiro atoms. The maximum absolute atomic E-state index is 12.3. The highest BCUT2D eigenvalue weighted by molar-refractivity contribution is 7.10. The first kappa shape index (κ1) is 17.6. The Bertz CT molecular complexity index is 532. The van der Waals surface area contributed by atoms with Crippen LogP contribution >= 0.6 is 11.5 Å². The summed E-state index contributed by atoms with van der Waals surface area (Å²) in [5.74, 6) is -0.585. The Morgan fingerprint density at radius 3 is 2.83 bits per heavy atom. The van der Waals surface area contributed by atoms with Crippen LogP contribution < -0.4 is 10.6 Å². The summed E-state index contributed by atoms with van der Waals surface area (Å²) in [6.07, 6.45) is 4.11. The number of hydrogen-bond donors (Lipinski definition) is 3. The van der Waals surface area contributed by atoms with Gasteiger partial charge in [0.1, 0.15) is 17.2 Å². The van der Waals surface area contributed by atoms with Crippen LogP contribution in [-0.2, 0) is 0 Å². The summed E-state index contributed by atoms with van der Waals surface area (Å²) in [7, 11) is 0. The van der Waals surface area contributed by atoms with E-state index in [4.69, 9.17) is 5.11 Å². The Balaban J connectivity index is 1.65. The molecule has 1 aromatic rings. The van der Waals surface area contributed by atoms with Crippen LogP contribution in [0.3, 0.4) is 0 Å². The van der Waals surface area contributed by atoms with Gasteiger partial charge in [-0.15, -0.1) is 0 Å². The first-order valence-electron chi connectivity index (χ1n) is 7.61. The van der Waals surface area contributed by atoms with Crippen LogP contribution in [0.1, 0.15) is 29.6 Å². The number of carboxylic acid groups (broad SMARTS) is 1. The molecule has 7 nitrogen and oxygen atoms in total. The van der Waals surface area contributed by atoms with Crippen molar-refractivity contribution in [2.75, 3.05) is 38.2 Å². The van der Waals surface area contributed by atoms with Gasteiger partial charge in [0, 0.05) is 13.1 Å². The van der Waals surface area contributed by atoms with Gasteiger partial charge < -0.3 is 15.3 Å². The fourth-order valence-electron chi connectivity index (χ4n) is 2.64. The zero-order valence-corrected chi connectivity index (χ0v) is 13.6. The van der Waals surface area contributed by atoms with Crippen molar-refractivity contribution in [1.82, 2.24) is 14.6 Å². The molecule has 0 radical (unpaired) electrons. The van der Waals surface area contributed by atoms with E-state index in [-0.39, 0.29) is 17.2 Å². The third-order valence-corrected chi connectivity index (χ3v) is 4.69. The van der Waals surface area contributed by atoms with E-state index in [1.807, 2.05) is 0 Å². The number of alkyl halides is 1. The molecule has 0 aliphatic carbocycles. The fourth-order valence-corrected chi connectivity index (χ4v) is 3.28. The first-order chi connectivity index (χ1) is 11.1. The molecule has 0 saturated carbocycles. The monoisotopic (exact) mass is 344 g/mol.